The quantitative estimate of drug-likeness (QED) is 0.844. The minimum Gasteiger partial charge on any atom is -0.497 e. The Balaban J connectivity index is 1.74. The van der Waals surface area contributed by atoms with Gasteiger partial charge in [-0.1, -0.05) is 30.3 Å². The minimum absolute atomic E-state index is 0.00813. The molecule has 25 heavy (non-hydrogen) atoms. The summed E-state index contributed by atoms with van der Waals surface area (Å²) in [4.78, 5) is 26.2. The standard InChI is InChI=1S/C20H22N2O3/c1-25-18-11-9-17(10-12-18)22(14-15-5-3-2-4-6-15)19(23)13-21-20(24)16-7-8-16/h2-6,9-12,16H,7-8,13-14H2,1H3,(H,21,24). The van der Waals surface area contributed by atoms with E-state index in [2.05, 4.69) is 5.32 Å². The molecule has 0 heterocycles. The number of rotatable bonds is 7. The Morgan fingerprint density at radius 2 is 1.76 bits per heavy atom. The highest BCUT2D eigenvalue weighted by molar-refractivity contribution is 5.97. The number of methoxy groups -OCH3 is 1. The first-order valence-corrected chi connectivity index (χ1v) is 8.43. The van der Waals surface area contributed by atoms with E-state index in [1.54, 1.807) is 12.0 Å². The third-order valence-electron chi connectivity index (χ3n) is 4.23. The van der Waals surface area contributed by atoms with Crippen LogP contribution in [0.25, 0.3) is 0 Å². The number of benzene rings is 2. The van der Waals surface area contributed by atoms with Crippen LogP contribution < -0.4 is 15.0 Å². The lowest BCUT2D eigenvalue weighted by atomic mass is 10.2. The van der Waals surface area contributed by atoms with Gasteiger partial charge >= 0.3 is 0 Å². The van der Waals surface area contributed by atoms with Crippen LogP contribution in [0.1, 0.15) is 18.4 Å². The van der Waals surface area contributed by atoms with Crippen molar-refractivity contribution in [3.05, 3.63) is 60.2 Å². The first kappa shape index (κ1) is 17.0. The highest BCUT2D eigenvalue weighted by Gasteiger charge is 2.30. The van der Waals surface area contributed by atoms with E-state index in [1.165, 1.54) is 0 Å². The van der Waals surface area contributed by atoms with Crippen molar-refractivity contribution in [1.82, 2.24) is 5.32 Å². The van der Waals surface area contributed by atoms with Gasteiger partial charge in [-0.15, -0.1) is 0 Å². The molecule has 5 heteroatoms. The molecule has 1 N–H and O–H groups in total. The lowest BCUT2D eigenvalue weighted by molar-refractivity contribution is -0.125. The van der Waals surface area contributed by atoms with Crippen LogP contribution in [0, 0.1) is 5.92 Å². The fraction of sp³-hybridized carbons (Fsp3) is 0.300. The van der Waals surface area contributed by atoms with Crippen LogP contribution in [0.4, 0.5) is 5.69 Å². The van der Waals surface area contributed by atoms with Crippen molar-refractivity contribution in [2.75, 3.05) is 18.6 Å². The maximum atomic E-state index is 12.7. The average molecular weight is 338 g/mol. The Hall–Kier alpha value is -2.82. The van der Waals surface area contributed by atoms with Crippen LogP contribution in [0.15, 0.2) is 54.6 Å². The van der Waals surface area contributed by atoms with Crippen molar-refractivity contribution in [3.63, 3.8) is 0 Å². The Bertz CT molecular complexity index is 724. The number of ether oxygens (including phenoxy) is 1. The Labute approximate surface area is 147 Å². The summed E-state index contributed by atoms with van der Waals surface area (Å²) >= 11 is 0. The maximum Gasteiger partial charge on any atom is 0.246 e. The first-order chi connectivity index (χ1) is 12.2. The Kier molecular flexibility index (Phi) is 5.33. The number of hydrogen-bond acceptors (Lipinski definition) is 3. The number of anilines is 1. The molecule has 0 spiro atoms. The molecule has 0 aromatic heterocycles. The molecule has 0 unspecified atom stereocenters. The summed E-state index contributed by atoms with van der Waals surface area (Å²) in [6.45, 7) is 0.458. The van der Waals surface area contributed by atoms with Crippen LogP contribution in [0.5, 0.6) is 5.75 Å². The number of amides is 2. The summed E-state index contributed by atoms with van der Waals surface area (Å²) in [6.07, 6.45) is 1.85. The van der Waals surface area contributed by atoms with Crippen LogP contribution in [-0.2, 0) is 16.1 Å². The van der Waals surface area contributed by atoms with Gasteiger partial charge in [0.05, 0.1) is 20.2 Å². The van der Waals surface area contributed by atoms with Gasteiger partial charge in [0.25, 0.3) is 0 Å². The average Bonchev–Trinajstić information content (AvgIpc) is 3.50. The zero-order chi connectivity index (χ0) is 17.6. The number of nitrogens with one attached hydrogen (secondary N) is 1. The van der Waals surface area contributed by atoms with Gasteiger partial charge in [-0.2, -0.15) is 0 Å². The van der Waals surface area contributed by atoms with E-state index < -0.39 is 0 Å². The summed E-state index contributed by atoms with van der Waals surface area (Å²) in [7, 11) is 1.61. The van der Waals surface area contributed by atoms with Gasteiger partial charge in [-0.05, 0) is 42.7 Å². The third-order valence-corrected chi connectivity index (χ3v) is 4.23. The van der Waals surface area contributed by atoms with Gasteiger partial charge < -0.3 is 15.0 Å². The zero-order valence-electron chi connectivity index (χ0n) is 14.3. The van der Waals surface area contributed by atoms with Gasteiger partial charge in [0.1, 0.15) is 5.75 Å². The van der Waals surface area contributed by atoms with E-state index in [4.69, 9.17) is 4.74 Å². The molecule has 0 aliphatic heterocycles. The zero-order valence-corrected chi connectivity index (χ0v) is 14.3. The topological polar surface area (TPSA) is 58.6 Å². The molecule has 1 aliphatic carbocycles. The molecule has 130 valence electrons. The third kappa shape index (κ3) is 4.59. The molecule has 0 atom stereocenters. The van der Waals surface area contributed by atoms with Crippen molar-refractivity contribution in [1.29, 1.82) is 0 Å². The summed E-state index contributed by atoms with van der Waals surface area (Å²) in [6, 6.07) is 17.1. The normalized spacial score (nSPS) is 13.2. The smallest absolute Gasteiger partial charge is 0.246 e. The van der Waals surface area contributed by atoms with Gasteiger partial charge in [0.2, 0.25) is 11.8 Å². The second-order valence-electron chi connectivity index (χ2n) is 6.16. The van der Waals surface area contributed by atoms with Crippen LogP contribution in [0.2, 0.25) is 0 Å². The molecule has 2 amide bonds. The lowest BCUT2D eigenvalue weighted by Crippen LogP contribution is -2.40. The lowest BCUT2D eigenvalue weighted by Gasteiger charge is -2.23. The van der Waals surface area contributed by atoms with E-state index >= 15 is 0 Å². The minimum atomic E-state index is -0.136. The first-order valence-electron chi connectivity index (χ1n) is 8.43. The number of hydrogen-bond donors (Lipinski definition) is 1. The molecule has 1 fully saturated rings. The maximum absolute atomic E-state index is 12.7. The fourth-order valence-corrected chi connectivity index (χ4v) is 2.60. The number of carbonyl (C=O) groups is 2. The molecule has 2 aromatic rings. The highest BCUT2D eigenvalue weighted by Crippen LogP contribution is 2.28. The predicted octanol–water partition coefficient (Wildman–Crippen LogP) is 2.75. The van der Waals surface area contributed by atoms with E-state index in [0.29, 0.717) is 6.54 Å². The van der Waals surface area contributed by atoms with Gasteiger partial charge in [0.15, 0.2) is 0 Å². The highest BCUT2D eigenvalue weighted by atomic mass is 16.5. The van der Waals surface area contributed by atoms with E-state index in [9.17, 15) is 9.59 Å². The van der Waals surface area contributed by atoms with Gasteiger partial charge in [-0.25, -0.2) is 0 Å². The molecular weight excluding hydrogens is 316 g/mol. The summed E-state index contributed by atoms with van der Waals surface area (Å²) in [5.74, 6) is 0.667. The Morgan fingerprint density at radius 3 is 2.36 bits per heavy atom. The van der Waals surface area contributed by atoms with Crippen molar-refractivity contribution in [2.45, 2.75) is 19.4 Å². The largest absolute Gasteiger partial charge is 0.497 e. The molecule has 1 saturated carbocycles. The van der Waals surface area contributed by atoms with E-state index in [-0.39, 0.29) is 24.3 Å². The van der Waals surface area contributed by atoms with Crippen molar-refractivity contribution in [3.8, 4) is 5.75 Å². The SMILES string of the molecule is COc1ccc(N(Cc2ccccc2)C(=O)CNC(=O)C2CC2)cc1. The number of carbonyl (C=O) groups excluding carboxylic acids is 2. The summed E-state index contributed by atoms with van der Waals surface area (Å²) in [5, 5.41) is 2.75. The summed E-state index contributed by atoms with van der Waals surface area (Å²) < 4.78 is 5.18. The molecule has 0 saturated heterocycles. The summed E-state index contributed by atoms with van der Waals surface area (Å²) in [5.41, 5.74) is 1.80. The van der Waals surface area contributed by atoms with Crippen LogP contribution in [0.3, 0.4) is 0 Å². The van der Waals surface area contributed by atoms with Crippen molar-refractivity contribution < 1.29 is 14.3 Å². The molecule has 1 aliphatic rings. The molecule has 5 nitrogen and oxygen atoms in total. The van der Waals surface area contributed by atoms with Crippen LogP contribution in [-0.4, -0.2) is 25.5 Å². The molecular formula is C20H22N2O3. The fourth-order valence-electron chi connectivity index (χ4n) is 2.60. The van der Waals surface area contributed by atoms with Gasteiger partial charge in [0, 0.05) is 11.6 Å². The molecule has 0 bridgehead atoms. The molecule has 0 radical (unpaired) electrons. The van der Waals surface area contributed by atoms with E-state index in [1.807, 2.05) is 54.6 Å². The number of nitrogens with zero attached hydrogens (tertiary/aromatic N) is 1. The molecule has 3 rings (SSSR count). The Morgan fingerprint density at radius 1 is 1.08 bits per heavy atom. The van der Waals surface area contributed by atoms with Crippen molar-refractivity contribution >= 4 is 17.5 Å². The predicted molar refractivity (Wildman–Crippen MR) is 96.4 cm³/mol. The van der Waals surface area contributed by atoms with Crippen LogP contribution >= 0.6 is 0 Å². The van der Waals surface area contributed by atoms with Gasteiger partial charge in [-0.3, -0.25) is 9.59 Å². The second-order valence-corrected chi connectivity index (χ2v) is 6.16. The second kappa shape index (κ2) is 7.83. The van der Waals surface area contributed by atoms with Crippen molar-refractivity contribution in [2.24, 2.45) is 5.92 Å². The molecule has 2 aromatic carbocycles. The monoisotopic (exact) mass is 338 g/mol. The van der Waals surface area contributed by atoms with E-state index in [0.717, 1.165) is 29.8 Å².